The quantitative estimate of drug-likeness (QED) is 0.0135. The van der Waals surface area contributed by atoms with Gasteiger partial charge < -0.3 is 63.7 Å². The van der Waals surface area contributed by atoms with Crippen molar-refractivity contribution >= 4 is 59.0 Å². The number of carboxylic acid groups (broad SMARTS) is 1. The highest BCUT2D eigenvalue weighted by atomic mass is 16.6. The molecule has 13 N–H and O–H groups in total. The van der Waals surface area contributed by atoms with Gasteiger partial charge in [-0.15, -0.1) is 0 Å². The molecular weight excluding hydrogens is 949 g/mol. The third kappa shape index (κ3) is 18.0. The first-order chi connectivity index (χ1) is 34.7. The Labute approximate surface area is 422 Å². The molecule has 396 valence electrons. The maximum Gasteiger partial charge on any atom is 0.326 e. The number of H-pyrrole nitrogens is 1. The Kier molecular flexibility index (Phi) is 22.2. The fraction of sp³-hybridized carbons (Fsp3) is 0.500. The molecule has 0 aliphatic carbocycles. The molecule has 1 fully saturated rings. The van der Waals surface area contributed by atoms with Crippen LogP contribution in [0, 0.1) is 22.0 Å². The van der Waals surface area contributed by atoms with Crippen molar-refractivity contribution in [2.75, 3.05) is 26.7 Å². The van der Waals surface area contributed by atoms with Crippen LogP contribution in [0.2, 0.25) is 0 Å². The molecule has 1 saturated heterocycles. The molecule has 1 aromatic heterocycles. The number of likely N-dealkylation sites (tertiary alicyclic amines) is 1. The number of non-ortho nitro benzene ring substituents is 1. The van der Waals surface area contributed by atoms with Gasteiger partial charge in [0.25, 0.3) is 5.69 Å². The molecule has 73 heavy (non-hydrogen) atoms. The number of carboxylic acids is 1. The molecule has 4 rings (SSSR count). The Hall–Kier alpha value is -7.96. The number of amides is 7. The van der Waals surface area contributed by atoms with Crippen LogP contribution < -0.4 is 48.7 Å². The summed E-state index contributed by atoms with van der Waals surface area (Å²) in [6.07, 6.45) is 3.51. The van der Waals surface area contributed by atoms with E-state index in [1.165, 1.54) is 41.7 Å². The van der Waals surface area contributed by atoms with Gasteiger partial charge in [0.15, 0.2) is 5.96 Å². The molecule has 1 aliphatic rings. The molecule has 7 atom stereocenters. The van der Waals surface area contributed by atoms with Gasteiger partial charge >= 0.3 is 5.97 Å². The summed E-state index contributed by atoms with van der Waals surface area (Å²) in [4.78, 5) is 133. The van der Waals surface area contributed by atoms with Crippen LogP contribution in [0.3, 0.4) is 0 Å². The van der Waals surface area contributed by atoms with E-state index in [0.717, 1.165) is 0 Å². The van der Waals surface area contributed by atoms with Crippen molar-refractivity contribution in [2.24, 2.45) is 28.3 Å². The summed E-state index contributed by atoms with van der Waals surface area (Å²) in [5.74, 6) is -7.60. The number of aliphatic carboxylic acids is 1. The van der Waals surface area contributed by atoms with E-state index in [4.69, 9.17) is 11.5 Å². The number of nitrogens with two attached hydrogens (primary N) is 2. The number of rotatable bonds is 28. The number of hydrogen-bond acceptors (Lipinski definition) is 13. The average molecular weight is 1020 g/mol. The highest BCUT2D eigenvalue weighted by molar-refractivity contribution is 5.98. The van der Waals surface area contributed by atoms with E-state index in [0.29, 0.717) is 23.2 Å². The molecule has 0 spiro atoms. The number of nitro groups is 1. The fourth-order valence-electron chi connectivity index (χ4n) is 8.11. The van der Waals surface area contributed by atoms with E-state index in [9.17, 15) is 53.6 Å². The standard InChI is InChI=1S/C48H68N14O11/c1-27(2)39(59-41(64)33(55-38(63)25-51-5)13-9-19-53-48(49)50)44(67)56-34(21-30-15-17-32(18-16-30)62(72)73)42(65)60-40(28(3)4)45(68)57-35(23-31-24-52-26-54-31)46(69)61-20-10-14-37(61)43(66)58-36(47(70)71)22-29-11-7-6-8-12-29/h6-8,11-12,15-18,24,26-28,33-37,39-40,51H,9-10,13-14,19-23,25H2,1-5H3,(H,52,54)(H,55,63)(H,56,67)(H,57,68)(H,58,66)(H,59,64)(H,60,65)(H,70,71)(H4,49,50,53)/t33-,34-,35-,36-,37-,39-,40-/m0/s1. The molecule has 25 nitrogen and oxygen atoms in total. The van der Waals surface area contributed by atoms with E-state index < -0.39 is 106 Å². The number of imidazole rings is 1. The molecule has 25 heteroatoms. The molecule has 3 aromatic rings. The maximum atomic E-state index is 14.5. The minimum absolute atomic E-state index is 0.000909. The van der Waals surface area contributed by atoms with E-state index in [-0.39, 0.29) is 69.8 Å². The van der Waals surface area contributed by atoms with E-state index in [1.807, 2.05) is 0 Å². The van der Waals surface area contributed by atoms with Crippen molar-refractivity contribution in [1.29, 1.82) is 0 Å². The summed E-state index contributed by atoms with van der Waals surface area (Å²) < 4.78 is 0. The van der Waals surface area contributed by atoms with Gasteiger partial charge in [-0.05, 0) is 55.7 Å². The molecule has 0 saturated carbocycles. The van der Waals surface area contributed by atoms with Gasteiger partial charge in [-0.2, -0.15) is 0 Å². The lowest BCUT2D eigenvalue weighted by atomic mass is 9.98. The summed E-state index contributed by atoms with van der Waals surface area (Å²) in [5.41, 5.74) is 12.2. The SMILES string of the molecule is CNCC(=O)N[C@@H](CCCN=C(N)N)C(=O)N[C@H](C(=O)N[C@@H](Cc1ccc([N+](=O)[O-])cc1)C(=O)N[C@H](C(=O)N[C@@H](Cc1cnc[nH]1)C(=O)N1CCC[C@H]1C(=O)N[C@@H](Cc1ccccc1)C(=O)O)C(C)C)C(C)C. The van der Waals surface area contributed by atoms with Crippen LogP contribution in [0.5, 0.6) is 0 Å². The van der Waals surface area contributed by atoms with Crippen LogP contribution in [-0.4, -0.2) is 147 Å². The predicted molar refractivity (Wildman–Crippen MR) is 267 cm³/mol. The van der Waals surface area contributed by atoms with Crippen molar-refractivity contribution in [3.63, 3.8) is 0 Å². The number of nitrogens with one attached hydrogen (secondary N) is 8. The molecule has 0 radical (unpaired) electrons. The molecule has 1 aliphatic heterocycles. The van der Waals surface area contributed by atoms with Crippen molar-refractivity contribution in [3.05, 3.63) is 94.1 Å². The largest absolute Gasteiger partial charge is 0.480 e. The highest BCUT2D eigenvalue weighted by Crippen LogP contribution is 2.21. The molecular formula is C48H68N14O11. The summed E-state index contributed by atoms with van der Waals surface area (Å²) in [5, 5.41) is 40.2. The van der Waals surface area contributed by atoms with Crippen molar-refractivity contribution in [3.8, 4) is 0 Å². The zero-order valence-corrected chi connectivity index (χ0v) is 41.6. The summed E-state index contributed by atoms with van der Waals surface area (Å²) >= 11 is 0. The number of likely N-dealkylation sites (N-methyl/N-ethyl adjacent to an activating group) is 1. The van der Waals surface area contributed by atoms with Crippen LogP contribution in [0.25, 0.3) is 0 Å². The Bertz CT molecular complexity index is 2400. The van der Waals surface area contributed by atoms with Gasteiger partial charge in [0.05, 0.1) is 17.8 Å². The van der Waals surface area contributed by atoms with Gasteiger partial charge in [0.1, 0.15) is 42.3 Å². The summed E-state index contributed by atoms with van der Waals surface area (Å²) in [6, 6.07) is 5.17. The fourth-order valence-corrected chi connectivity index (χ4v) is 8.11. The lowest BCUT2D eigenvalue weighted by molar-refractivity contribution is -0.384. The second kappa shape index (κ2) is 28.2. The number of hydrogen-bond donors (Lipinski definition) is 11. The number of nitro benzene ring substituents is 1. The van der Waals surface area contributed by atoms with E-state index in [2.05, 4.69) is 52.2 Å². The zero-order chi connectivity index (χ0) is 53.8. The Morgan fingerprint density at radius 2 is 1.37 bits per heavy atom. The smallest absolute Gasteiger partial charge is 0.326 e. The van der Waals surface area contributed by atoms with Gasteiger partial charge in [-0.25, -0.2) is 9.78 Å². The number of carbonyl (C=O) groups excluding carboxylic acids is 7. The van der Waals surface area contributed by atoms with Crippen LogP contribution in [-0.2, 0) is 57.6 Å². The lowest BCUT2D eigenvalue weighted by Gasteiger charge is -2.31. The maximum absolute atomic E-state index is 14.5. The lowest BCUT2D eigenvalue weighted by Crippen LogP contribution is -2.61. The first-order valence-corrected chi connectivity index (χ1v) is 24.0. The molecule has 2 aromatic carbocycles. The normalized spacial score (nSPS) is 15.7. The van der Waals surface area contributed by atoms with Gasteiger partial charge in [0.2, 0.25) is 41.4 Å². The number of aromatic amines is 1. The number of carbonyl (C=O) groups is 8. The predicted octanol–water partition coefficient (Wildman–Crippen LogP) is -1.08. The van der Waals surface area contributed by atoms with Crippen LogP contribution in [0.15, 0.2) is 72.1 Å². The van der Waals surface area contributed by atoms with Crippen molar-refractivity contribution < 1.29 is 48.4 Å². The highest BCUT2D eigenvalue weighted by Gasteiger charge is 2.41. The van der Waals surface area contributed by atoms with Crippen LogP contribution >= 0.6 is 0 Å². The van der Waals surface area contributed by atoms with Crippen LogP contribution in [0.1, 0.15) is 70.2 Å². The van der Waals surface area contributed by atoms with Crippen LogP contribution in [0.4, 0.5) is 5.69 Å². The molecule has 2 heterocycles. The Morgan fingerprint density at radius 3 is 1.92 bits per heavy atom. The van der Waals surface area contributed by atoms with E-state index in [1.54, 1.807) is 65.1 Å². The average Bonchev–Trinajstić information content (AvgIpc) is 4.06. The van der Waals surface area contributed by atoms with E-state index >= 15 is 0 Å². The minimum atomic E-state index is -1.45. The van der Waals surface area contributed by atoms with Crippen molar-refractivity contribution in [2.45, 2.75) is 115 Å². The first-order valence-electron chi connectivity index (χ1n) is 24.0. The number of benzene rings is 2. The number of guanidine groups is 1. The summed E-state index contributed by atoms with van der Waals surface area (Å²) in [6.45, 7) is 6.76. The third-order valence-corrected chi connectivity index (χ3v) is 12.0. The van der Waals surface area contributed by atoms with Crippen molar-refractivity contribution in [1.82, 2.24) is 52.1 Å². The Balaban J connectivity index is 1.58. The minimum Gasteiger partial charge on any atom is -0.480 e. The zero-order valence-electron chi connectivity index (χ0n) is 41.6. The summed E-state index contributed by atoms with van der Waals surface area (Å²) in [7, 11) is 1.55. The van der Waals surface area contributed by atoms with Gasteiger partial charge in [-0.1, -0.05) is 70.2 Å². The number of aliphatic imine (C=N–C) groups is 1. The third-order valence-electron chi connectivity index (χ3n) is 12.0. The monoisotopic (exact) mass is 1020 g/mol. The molecule has 0 unspecified atom stereocenters. The number of nitrogens with zero attached hydrogens (tertiary/aromatic N) is 4. The Morgan fingerprint density at radius 1 is 0.781 bits per heavy atom. The first kappa shape index (κ1) is 57.6. The topological polar surface area (TPSA) is 380 Å². The second-order valence-corrected chi connectivity index (χ2v) is 18.4. The molecule has 7 amide bonds. The number of aromatic nitrogens is 2. The molecule has 0 bridgehead atoms. The second-order valence-electron chi connectivity index (χ2n) is 18.4. The van der Waals surface area contributed by atoms with Gasteiger partial charge in [0, 0.05) is 56.4 Å². The van der Waals surface area contributed by atoms with Gasteiger partial charge in [-0.3, -0.25) is 48.7 Å².